The molecule has 0 radical (unpaired) electrons. The molecule has 5 nitrogen and oxygen atoms in total. The van der Waals surface area contributed by atoms with E-state index in [0.29, 0.717) is 0 Å². The van der Waals surface area contributed by atoms with Crippen molar-refractivity contribution < 1.29 is 17.6 Å². The van der Waals surface area contributed by atoms with Crippen LogP contribution < -0.4 is 4.72 Å². The van der Waals surface area contributed by atoms with Crippen molar-refractivity contribution >= 4 is 15.9 Å². The molecule has 25 heavy (non-hydrogen) atoms. The SMILES string of the molecule is CC(=O)N(CCNS(=O)(=O)c1ccc(F)cc1)C(C)c1ccccc1. The third kappa shape index (κ3) is 5.11. The molecule has 2 rings (SSSR count). The number of benzene rings is 2. The zero-order valence-electron chi connectivity index (χ0n) is 14.1. The molecule has 0 spiro atoms. The summed E-state index contributed by atoms with van der Waals surface area (Å²) in [5.41, 5.74) is 0.971. The van der Waals surface area contributed by atoms with Crippen molar-refractivity contribution in [1.29, 1.82) is 0 Å². The minimum atomic E-state index is -3.74. The van der Waals surface area contributed by atoms with Crippen molar-refractivity contribution in [1.82, 2.24) is 9.62 Å². The molecule has 1 amide bonds. The highest BCUT2D eigenvalue weighted by molar-refractivity contribution is 7.89. The van der Waals surface area contributed by atoms with E-state index in [0.717, 1.165) is 17.7 Å². The molecule has 2 aromatic rings. The van der Waals surface area contributed by atoms with Gasteiger partial charge >= 0.3 is 0 Å². The van der Waals surface area contributed by atoms with Gasteiger partial charge in [0.25, 0.3) is 0 Å². The van der Waals surface area contributed by atoms with Crippen molar-refractivity contribution in [3.8, 4) is 0 Å². The van der Waals surface area contributed by atoms with Crippen LogP contribution in [-0.2, 0) is 14.8 Å². The van der Waals surface area contributed by atoms with Crippen LogP contribution in [0.25, 0.3) is 0 Å². The van der Waals surface area contributed by atoms with E-state index >= 15 is 0 Å². The van der Waals surface area contributed by atoms with Crippen LogP contribution in [0.1, 0.15) is 25.5 Å². The van der Waals surface area contributed by atoms with Gasteiger partial charge < -0.3 is 4.90 Å². The summed E-state index contributed by atoms with van der Waals surface area (Å²) in [5.74, 6) is -0.643. The molecule has 0 bridgehead atoms. The average molecular weight is 364 g/mol. The Morgan fingerprint density at radius 1 is 1.12 bits per heavy atom. The van der Waals surface area contributed by atoms with Gasteiger partial charge in [-0.25, -0.2) is 17.5 Å². The first-order valence-electron chi connectivity index (χ1n) is 7.88. The lowest BCUT2D eigenvalue weighted by Gasteiger charge is -2.28. The normalized spacial score (nSPS) is 12.6. The van der Waals surface area contributed by atoms with E-state index in [1.165, 1.54) is 19.1 Å². The van der Waals surface area contributed by atoms with Crippen LogP contribution in [0, 0.1) is 5.82 Å². The van der Waals surface area contributed by atoms with Crippen LogP contribution in [0.2, 0.25) is 0 Å². The molecule has 0 saturated carbocycles. The summed E-state index contributed by atoms with van der Waals surface area (Å²) in [5, 5.41) is 0. The number of nitrogens with zero attached hydrogens (tertiary/aromatic N) is 1. The monoisotopic (exact) mass is 364 g/mol. The molecule has 0 aliphatic heterocycles. The first-order chi connectivity index (χ1) is 11.8. The first-order valence-corrected chi connectivity index (χ1v) is 9.37. The molecule has 134 valence electrons. The summed E-state index contributed by atoms with van der Waals surface area (Å²) in [6, 6.07) is 13.9. The fraction of sp³-hybridized carbons (Fsp3) is 0.278. The largest absolute Gasteiger partial charge is 0.335 e. The van der Waals surface area contributed by atoms with E-state index in [1.807, 2.05) is 37.3 Å². The Morgan fingerprint density at radius 3 is 2.28 bits per heavy atom. The third-order valence-corrected chi connectivity index (χ3v) is 5.40. The number of amides is 1. The van der Waals surface area contributed by atoms with Crippen LogP contribution in [0.4, 0.5) is 4.39 Å². The van der Waals surface area contributed by atoms with Gasteiger partial charge in [-0.3, -0.25) is 4.79 Å². The molecule has 0 fully saturated rings. The Kier molecular flexibility index (Phi) is 6.27. The van der Waals surface area contributed by atoms with Crippen LogP contribution >= 0.6 is 0 Å². The Balaban J connectivity index is 2.02. The minimum Gasteiger partial charge on any atom is -0.335 e. The lowest BCUT2D eigenvalue weighted by atomic mass is 10.1. The van der Waals surface area contributed by atoms with Gasteiger partial charge in [-0.1, -0.05) is 30.3 Å². The second kappa shape index (κ2) is 8.22. The van der Waals surface area contributed by atoms with E-state index in [1.54, 1.807) is 4.90 Å². The summed E-state index contributed by atoms with van der Waals surface area (Å²) in [6.07, 6.45) is 0. The second-order valence-electron chi connectivity index (χ2n) is 5.65. The van der Waals surface area contributed by atoms with E-state index in [9.17, 15) is 17.6 Å². The molecular formula is C18H21FN2O3S. The van der Waals surface area contributed by atoms with Crippen molar-refractivity contribution in [2.24, 2.45) is 0 Å². The van der Waals surface area contributed by atoms with E-state index in [4.69, 9.17) is 0 Å². The zero-order valence-corrected chi connectivity index (χ0v) is 15.0. The molecule has 0 aliphatic carbocycles. The van der Waals surface area contributed by atoms with Gasteiger partial charge in [0.15, 0.2) is 0 Å². The lowest BCUT2D eigenvalue weighted by Crippen LogP contribution is -2.39. The Labute approximate surface area is 147 Å². The van der Waals surface area contributed by atoms with Crippen molar-refractivity contribution in [2.45, 2.75) is 24.8 Å². The van der Waals surface area contributed by atoms with Gasteiger partial charge in [-0.15, -0.1) is 0 Å². The molecule has 0 saturated heterocycles. The molecule has 1 atom stereocenters. The smallest absolute Gasteiger partial charge is 0.240 e. The molecule has 2 aromatic carbocycles. The van der Waals surface area contributed by atoms with Gasteiger partial charge in [0.2, 0.25) is 15.9 Å². The standard InChI is InChI=1S/C18H21FN2O3S/c1-14(16-6-4-3-5-7-16)21(15(2)22)13-12-20-25(23,24)18-10-8-17(19)9-11-18/h3-11,14,20H,12-13H2,1-2H3. The molecule has 7 heteroatoms. The summed E-state index contributed by atoms with van der Waals surface area (Å²) < 4.78 is 39.7. The molecule has 1 N–H and O–H groups in total. The Morgan fingerprint density at radius 2 is 1.72 bits per heavy atom. The number of halogens is 1. The van der Waals surface area contributed by atoms with Crippen LogP contribution in [0.3, 0.4) is 0 Å². The van der Waals surface area contributed by atoms with Crippen molar-refractivity contribution in [3.63, 3.8) is 0 Å². The van der Waals surface area contributed by atoms with Gasteiger partial charge in [0.05, 0.1) is 10.9 Å². The lowest BCUT2D eigenvalue weighted by molar-refractivity contribution is -0.130. The number of sulfonamides is 1. The topological polar surface area (TPSA) is 66.5 Å². The van der Waals surface area contributed by atoms with E-state index in [2.05, 4.69) is 4.72 Å². The second-order valence-corrected chi connectivity index (χ2v) is 7.42. The summed E-state index contributed by atoms with van der Waals surface area (Å²) >= 11 is 0. The average Bonchev–Trinajstić information content (AvgIpc) is 2.59. The van der Waals surface area contributed by atoms with Crippen LogP contribution in [0.15, 0.2) is 59.5 Å². The number of carbonyl (C=O) groups excluding carboxylic acids is 1. The highest BCUT2D eigenvalue weighted by atomic mass is 32.2. The molecule has 0 aromatic heterocycles. The molecule has 1 unspecified atom stereocenters. The molecule has 0 aliphatic rings. The highest BCUT2D eigenvalue weighted by Crippen LogP contribution is 2.19. The van der Waals surface area contributed by atoms with Gasteiger partial charge in [0, 0.05) is 20.0 Å². The number of hydrogen-bond donors (Lipinski definition) is 1. The zero-order chi connectivity index (χ0) is 18.4. The van der Waals surface area contributed by atoms with Gasteiger partial charge in [-0.05, 0) is 36.8 Å². The number of nitrogens with one attached hydrogen (secondary N) is 1. The predicted molar refractivity (Wildman–Crippen MR) is 93.8 cm³/mol. The van der Waals surface area contributed by atoms with Crippen LogP contribution in [-0.4, -0.2) is 32.3 Å². The van der Waals surface area contributed by atoms with Crippen molar-refractivity contribution in [2.75, 3.05) is 13.1 Å². The maximum Gasteiger partial charge on any atom is 0.240 e. The van der Waals surface area contributed by atoms with Gasteiger partial charge in [-0.2, -0.15) is 0 Å². The van der Waals surface area contributed by atoms with E-state index < -0.39 is 15.8 Å². The highest BCUT2D eigenvalue weighted by Gasteiger charge is 2.20. The summed E-state index contributed by atoms with van der Waals surface area (Å²) in [7, 11) is -3.74. The summed E-state index contributed by atoms with van der Waals surface area (Å²) in [6.45, 7) is 3.64. The van der Waals surface area contributed by atoms with Gasteiger partial charge in [0.1, 0.15) is 5.82 Å². The number of rotatable bonds is 7. The fourth-order valence-corrected chi connectivity index (χ4v) is 3.55. The Hall–Kier alpha value is -2.25. The van der Waals surface area contributed by atoms with Crippen molar-refractivity contribution in [3.05, 3.63) is 66.0 Å². The Bertz CT molecular complexity index is 808. The molecular weight excluding hydrogens is 343 g/mol. The van der Waals surface area contributed by atoms with Crippen LogP contribution in [0.5, 0.6) is 0 Å². The first kappa shape index (κ1) is 19.1. The number of carbonyl (C=O) groups is 1. The molecule has 0 heterocycles. The third-order valence-electron chi connectivity index (χ3n) is 3.92. The maximum atomic E-state index is 12.9. The fourth-order valence-electron chi connectivity index (χ4n) is 2.53. The van der Waals surface area contributed by atoms with E-state index in [-0.39, 0.29) is 29.9 Å². The number of hydrogen-bond acceptors (Lipinski definition) is 3. The minimum absolute atomic E-state index is 0.0145. The predicted octanol–water partition coefficient (Wildman–Crippen LogP) is 2.71. The quantitative estimate of drug-likeness (QED) is 0.821. The maximum absolute atomic E-state index is 12.9. The summed E-state index contributed by atoms with van der Waals surface area (Å²) in [4.78, 5) is 13.5.